The summed E-state index contributed by atoms with van der Waals surface area (Å²) in [5, 5.41) is 7.40. The molecule has 0 saturated carbocycles. The largest absolute Gasteiger partial charge is 0.381 e. The summed E-state index contributed by atoms with van der Waals surface area (Å²) in [5.74, 6) is 0.239. The van der Waals surface area contributed by atoms with E-state index in [9.17, 15) is 4.79 Å². The van der Waals surface area contributed by atoms with Gasteiger partial charge in [-0.2, -0.15) is 0 Å². The number of carbonyl (C=O) groups excluding carboxylic acids is 1. The van der Waals surface area contributed by atoms with E-state index in [1.165, 1.54) is 0 Å². The Bertz CT molecular complexity index is 649. The number of amides is 1. The minimum absolute atomic E-state index is 0.0963. The third kappa shape index (κ3) is 5.72. The number of aromatic nitrogens is 1. The fourth-order valence-electron chi connectivity index (χ4n) is 3.34. The first kappa shape index (κ1) is 21.6. The van der Waals surface area contributed by atoms with E-state index in [0.29, 0.717) is 16.8 Å². The van der Waals surface area contributed by atoms with Gasteiger partial charge in [0.1, 0.15) is 11.3 Å². The Kier molecular flexibility index (Phi) is 7.07. The normalized spacial score (nSPS) is 22.2. The molecule has 1 amide bonds. The predicted molar refractivity (Wildman–Crippen MR) is 108 cm³/mol. The molecule has 0 radical (unpaired) electrons. The van der Waals surface area contributed by atoms with Gasteiger partial charge >= 0.3 is 0 Å². The lowest BCUT2D eigenvalue weighted by atomic mass is 10.0. The van der Waals surface area contributed by atoms with Crippen LogP contribution in [0.1, 0.15) is 65.5 Å². The van der Waals surface area contributed by atoms with E-state index < -0.39 is 10.3 Å². The summed E-state index contributed by atoms with van der Waals surface area (Å²) in [6.07, 6.45) is 4.77. The molecule has 158 valence electrons. The summed E-state index contributed by atoms with van der Waals surface area (Å²) >= 11 is 1.69. The predicted octanol–water partition coefficient (Wildman–Crippen LogP) is 4.08. The molecule has 2 aliphatic heterocycles. The fraction of sp³-hybridized carbons (Fsp3) is 0.800. The molecule has 2 aliphatic rings. The smallest absolute Gasteiger partial charge is 0.242 e. The van der Waals surface area contributed by atoms with Gasteiger partial charge in [0.25, 0.3) is 0 Å². The SMILES string of the molecule is CC(C)(SC1CCOCC1)C(=O)Nc1cc(C(C)(C)OC2CCCCO2)no1. The lowest BCUT2D eigenvalue weighted by molar-refractivity contribution is -0.220. The minimum atomic E-state index is -0.666. The molecule has 1 unspecified atom stereocenters. The Balaban J connectivity index is 1.57. The summed E-state index contributed by atoms with van der Waals surface area (Å²) in [7, 11) is 0. The van der Waals surface area contributed by atoms with Crippen LogP contribution in [0.5, 0.6) is 0 Å². The van der Waals surface area contributed by atoms with E-state index >= 15 is 0 Å². The van der Waals surface area contributed by atoms with Gasteiger partial charge in [0, 0.05) is 31.1 Å². The Hall–Kier alpha value is -1.09. The number of carbonyl (C=O) groups is 1. The Morgan fingerprint density at radius 3 is 2.61 bits per heavy atom. The Morgan fingerprint density at radius 1 is 1.18 bits per heavy atom. The molecule has 1 aromatic rings. The second-order valence-corrected chi connectivity index (χ2v) is 10.3. The van der Waals surface area contributed by atoms with E-state index in [4.69, 9.17) is 18.7 Å². The van der Waals surface area contributed by atoms with Crippen molar-refractivity contribution in [3.63, 3.8) is 0 Å². The molecule has 8 heteroatoms. The van der Waals surface area contributed by atoms with Crippen LogP contribution in [-0.2, 0) is 24.6 Å². The van der Waals surface area contributed by atoms with Crippen molar-refractivity contribution in [2.24, 2.45) is 0 Å². The number of anilines is 1. The lowest BCUT2D eigenvalue weighted by Gasteiger charge is -2.31. The molecule has 3 rings (SSSR count). The van der Waals surface area contributed by atoms with Crippen molar-refractivity contribution >= 4 is 23.6 Å². The van der Waals surface area contributed by atoms with Gasteiger partial charge in [-0.3, -0.25) is 10.1 Å². The number of ether oxygens (including phenoxy) is 3. The van der Waals surface area contributed by atoms with E-state index in [1.807, 2.05) is 27.7 Å². The van der Waals surface area contributed by atoms with Crippen LogP contribution in [0.4, 0.5) is 5.88 Å². The van der Waals surface area contributed by atoms with E-state index in [0.717, 1.165) is 51.9 Å². The molecule has 0 bridgehead atoms. The summed E-state index contributed by atoms with van der Waals surface area (Å²) in [6.45, 7) is 9.99. The molecule has 2 fully saturated rings. The van der Waals surface area contributed by atoms with Crippen molar-refractivity contribution in [2.75, 3.05) is 25.1 Å². The number of hydrogen-bond donors (Lipinski definition) is 1. The average Bonchev–Trinajstić information content (AvgIpc) is 3.12. The van der Waals surface area contributed by atoms with Crippen LogP contribution in [0.15, 0.2) is 10.6 Å². The highest BCUT2D eigenvalue weighted by Gasteiger charge is 2.35. The minimum Gasteiger partial charge on any atom is -0.381 e. The molecule has 7 nitrogen and oxygen atoms in total. The molecule has 28 heavy (non-hydrogen) atoms. The van der Waals surface area contributed by atoms with Crippen molar-refractivity contribution in [3.05, 3.63) is 11.8 Å². The van der Waals surface area contributed by atoms with E-state index in [1.54, 1.807) is 17.8 Å². The van der Waals surface area contributed by atoms with Gasteiger partial charge in [0.05, 0.1) is 4.75 Å². The third-order valence-corrected chi connectivity index (χ3v) is 6.68. The molecule has 1 aromatic heterocycles. The quantitative estimate of drug-likeness (QED) is 0.722. The van der Waals surface area contributed by atoms with Crippen molar-refractivity contribution in [2.45, 2.75) is 81.7 Å². The number of thioether (sulfide) groups is 1. The molecule has 0 aliphatic carbocycles. The van der Waals surface area contributed by atoms with Gasteiger partial charge in [-0.25, -0.2) is 0 Å². The molecule has 3 heterocycles. The van der Waals surface area contributed by atoms with Crippen LogP contribution in [0.3, 0.4) is 0 Å². The van der Waals surface area contributed by atoms with Gasteiger partial charge in [0.2, 0.25) is 11.8 Å². The highest BCUT2D eigenvalue weighted by molar-refractivity contribution is 8.02. The van der Waals surface area contributed by atoms with Crippen LogP contribution >= 0.6 is 11.8 Å². The summed E-state index contributed by atoms with van der Waals surface area (Å²) in [6, 6.07) is 1.73. The molecule has 1 N–H and O–H groups in total. The molecule has 0 spiro atoms. The maximum Gasteiger partial charge on any atom is 0.242 e. The maximum atomic E-state index is 12.8. The van der Waals surface area contributed by atoms with Gasteiger partial charge < -0.3 is 18.7 Å². The zero-order chi connectivity index (χ0) is 20.2. The summed E-state index contributed by atoms with van der Waals surface area (Å²) in [5.41, 5.74) is -0.0345. The first-order valence-corrected chi connectivity index (χ1v) is 11.0. The summed E-state index contributed by atoms with van der Waals surface area (Å²) in [4.78, 5) is 12.8. The van der Waals surface area contributed by atoms with Crippen molar-refractivity contribution in [3.8, 4) is 0 Å². The molecular weight excluding hydrogens is 380 g/mol. The van der Waals surface area contributed by atoms with Crippen LogP contribution in [0.25, 0.3) is 0 Å². The maximum absolute atomic E-state index is 12.8. The number of nitrogens with one attached hydrogen (secondary N) is 1. The first-order chi connectivity index (χ1) is 13.3. The number of rotatable bonds is 7. The van der Waals surface area contributed by atoms with Gasteiger partial charge in [-0.15, -0.1) is 11.8 Å². The van der Waals surface area contributed by atoms with Crippen LogP contribution in [0.2, 0.25) is 0 Å². The van der Waals surface area contributed by atoms with Crippen molar-refractivity contribution < 1.29 is 23.5 Å². The number of nitrogens with zero attached hydrogens (tertiary/aromatic N) is 1. The van der Waals surface area contributed by atoms with Gasteiger partial charge in [-0.05, 0) is 59.8 Å². The lowest BCUT2D eigenvalue weighted by Crippen LogP contribution is -2.37. The topological polar surface area (TPSA) is 82.8 Å². The van der Waals surface area contributed by atoms with E-state index in [-0.39, 0.29) is 12.2 Å². The Morgan fingerprint density at radius 2 is 1.93 bits per heavy atom. The van der Waals surface area contributed by atoms with Gasteiger partial charge in [0.15, 0.2) is 6.29 Å². The highest BCUT2D eigenvalue weighted by Crippen LogP contribution is 2.35. The van der Waals surface area contributed by atoms with Crippen molar-refractivity contribution in [1.29, 1.82) is 0 Å². The molecule has 2 saturated heterocycles. The first-order valence-electron chi connectivity index (χ1n) is 10.1. The van der Waals surface area contributed by atoms with Crippen LogP contribution in [-0.4, -0.2) is 47.2 Å². The fourth-order valence-corrected chi connectivity index (χ4v) is 4.76. The average molecular weight is 413 g/mol. The van der Waals surface area contributed by atoms with Gasteiger partial charge in [-0.1, -0.05) is 5.16 Å². The zero-order valence-corrected chi connectivity index (χ0v) is 18.1. The highest BCUT2D eigenvalue weighted by atomic mass is 32.2. The second kappa shape index (κ2) is 9.15. The molecule has 0 aromatic carbocycles. The molecule has 1 atom stereocenters. The van der Waals surface area contributed by atoms with Crippen LogP contribution < -0.4 is 5.32 Å². The number of hydrogen-bond acceptors (Lipinski definition) is 7. The third-order valence-electron chi connectivity index (χ3n) is 5.10. The summed E-state index contributed by atoms with van der Waals surface area (Å²) < 4.78 is 21.9. The zero-order valence-electron chi connectivity index (χ0n) is 17.3. The monoisotopic (exact) mass is 412 g/mol. The van der Waals surface area contributed by atoms with E-state index in [2.05, 4.69) is 10.5 Å². The Labute approximate surface area is 171 Å². The second-order valence-electron chi connectivity index (χ2n) is 8.39. The molecular formula is C20H32N2O5S. The standard InChI is InChI=1S/C20H32N2O5S/c1-19(2,26-17-7-5-6-10-25-17)15-13-16(27-22-15)21-18(23)20(3,4)28-14-8-11-24-12-9-14/h13-14,17H,5-12H2,1-4H3,(H,21,23). The van der Waals surface area contributed by atoms with Crippen molar-refractivity contribution in [1.82, 2.24) is 5.16 Å². The van der Waals surface area contributed by atoms with Crippen LogP contribution in [0, 0.1) is 0 Å².